The Hall–Kier alpha value is -1.40. The van der Waals surface area contributed by atoms with E-state index in [0.29, 0.717) is 18.2 Å². The van der Waals surface area contributed by atoms with Crippen LogP contribution < -0.4 is 5.73 Å². The van der Waals surface area contributed by atoms with Gasteiger partial charge < -0.3 is 15.0 Å². The summed E-state index contributed by atoms with van der Waals surface area (Å²) < 4.78 is 10.7. The van der Waals surface area contributed by atoms with Gasteiger partial charge in [0.2, 0.25) is 0 Å². The van der Waals surface area contributed by atoms with Gasteiger partial charge in [0.25, 0.3) is 5.89 Å². The van der Waals surface area contributed by atoms with Crippen molar-refractivity contribution >= 4 is 17.0 Å². The van der Waals surface area contributed by atoms with Crippen LogP contribution in [0.1, 0.15) is 24.6 Å². The van der Waals surface area contributed by atoms with Gasteiger partial charge in [0, 0.05) is 12.5 Å². The first-order chi connectivity index (χ1) is 8.34. The Morgan fingerprint density at radius 3 is 3.12 bits per heavy atom. The predicted octanol–water partition coefficient (Wildman–Crippen LogP) is 2.27. The highest BCUT2D eigenvalue weighted by molar-refractivity contribution is 7.14. The zero-order chi connectivity index (χ0) is 11.7. The zero-order valence-electron chi connectivity index (χ0n) is 9.26. The van der Waals surface area contributed by atoms with Crippen LogP contribution in [0.4, 0.5) is 5.69 Å². The Morgan fingerprint density at radius 1 is 1.47 bits per heavy atom. The third kappa shape index (κ3) is 2.05. The van der Waals surface area contributed by atoms with Gasteiger partial charge in [-0.1, -0.05) is 5.16 Å². The summed E-state index contributed by atoms with van der Waals surface area (Å²) in [5.74, 6) is 1.49. The summed E-state index contributed by atoms with van der Waals surface area (Å²) >= 11 is 1.51. The number of nitrogen functional groups attached to an aromatic ring is 1. The fraction of sp³-hybridized carbons (Fsp3) is 0.455. The molecule has 17 heavy (non-hydrogen) atoms. The maximum Gasteiger partial charge on any atom is 0.270 e. The van der Waals surface area contributed by atoms with Crippen molar-refractivity contribution < 1.29 is 9.26 Å². The molecular weight excluding hydrogens is 238 g/mol. The van der Waals surface area contributed by atoms with E-state index in [9.17, 15) is 0 Å². The molecule has 1 aliphatic heterocycles. The summed E-state index contributed by atoms with van der Waals surface area (Å²) in [6.07, 6.45) is 2.11. The summed E-state index contributed by atoms with van der Waals surface area (Å²) in [7, 11) is 0. The normalized spacial score (nSPS) is 20.6. The SMILES string of the molecule is Nc1ccsc1-c1nc(C2CCCOC2)no1. The van der Waals surface area contributed by atoms with Crippen molar-refractivity contribution in [2.45, 2.75) is 18.8 Å². The lowest BCUT2D eigenvalue weighted by molar-refractivity contribution is 0.0773. The van der Waals surface area contributed by atoms with Crippen LogP contribution in [0.15, 0.2) is 16.0 Å². The van der Waals surface area contributed by atoms with Gasteiger partial charge in [0.1, 0.15) is 4.88 Å². The van der Waals surface area contributed by atoms with Crippen LogP contribution >= 0.6 is 11.3 Å². The van der Waals surface area contributed by atoms with Crippen molar-refractivity contribution in [3.05, 3.63) is 17.3 Å². The molecule has 3 heterocycles. The number of hydrogen-bond donors (Lipinski definition) is 1. The molecule has 2 aromatic heterocycles. The summed E-state index contributed by atoms with van der Waals surface area (Å²) in [5, 5.41) is 5.94. The van der Waals surface area contributed by atoms with E-state index >= 15 is 0 Å². The molecule has 2 aromatic rings. The Balaban J connectivity index is 1.85. The lowest BCUT2D eigenvalue weighted by Gasteiger charge is -2.18. The molecule has 2 N–H and O–H groups in total. The van der Waals surface area contributed by atoms with E-state index < -0.39 is 0 Å². The molecule has 3 rings (SSSR count). The highest BCUT2D eigenvalue weighted by Gasteiger charge is 2.22. The molecule has 90 valence electrons. The van der Waals surface area contributed by atoms with Gasteiger partial charge in [-0.25, -0.2) is 0 Å². The standard InChI is InChI=1S/C11H13N3O2S/c12-8-3-5-17-9(8)11-13-10(14-16-11)7-2-1-4-15-6-7/h3,5,7H,1-2,4,6,12H2. The van der Waals surface area contributed by atoms with E-state index in [1.807, 2.05) is 11.4 Å². The second-order valence-electron chi connectivity index (χ2n) is 4.08. The number of thiophene rings is 1. The van der Waals surface area contributed by atoms with E-state index in [1.54, 1.807) is 0 Å². The number of aromatic nitrogens is 2. The summed E-state index contributed by atoms with van der Waals surface area (Å²) in [4.78, 5) is 5.26. The van der Waals surface area contributed by atoms with Crippen molar-refractivity contribution in [3.8, 4) is 10.8 Å². The molecular formula is C11H13N3O2S. The monoisotopic (exact) mass is 251 g/mol. The first kappa shape index (κ1) is 10.7. The second kappa shape index (κ2) is 4.46. The second-order valence-corrected chi connectivity index (χ2v) is 4.99. The molecule has 0 amide bonds. The minimum atomic E-state index is 0.252. The third-order valence-corrected chi connectivity index (χ3v) is 3.78. The van der Waals surface area contributed by atoms with Crippen LogP contribution in [0.3, 0.4) is 0 Å². The fourth-order valence-corrected chi connectivity index (χ4v) is 2.67. The molecule has 0 bridgehead atoms. The van der Waals surface area contributed by atoms with Crippen LogP contribution in [0, 0.1) is 0 Å². The average molecular weight is 251 g/mol. The van der Waals surface area contributed by atoms with Gasteiger partial charge in [0.05, 0.1) is 12.3 Å². The van der Waals surface area contributed by atoms with E-state index in [4.69, 9.17) is 15.0 Å². The van der Waals surface area contributed by atoms with Crippen LogP contribution in [0.25, 0.3) is 10.8 Å². The van der Waals surface area contributed by atoms with E-state index in [2.05, 4.69) is 10.1 Å². The fourth-order valence-electron chi connectivity index (χ4n) is 1.93. The number of nitrogens with two attached hydrogens (primary N) is 1. The van der Waals surface area contributed by atoms with Gasteiger partial charge in [-0.2, -0.15) is 4.98 Å². The Labute approximate surface area is 103 Å². The maximum atomic E-state index is 5.82. The van der Waals surface area contributed by atoms with Gasteiger partial charge in [-0.15, -0.1) is 11.3 Å². The Morgan fingerprint density at radius 2 is 2.41 bits per heavy atom. The lowest BCUT2D eigenvalue weighted by atomic mass is 10.0. The molecule has 1 unspecified atom stereocenters. The largest absolute Gasteiger partial charge is 0.397 e. The van der Waals surface area contributed by atoms with E-state index in [1.165, 1.54) is 11.3 Å². The van der Waals surface area contributed by atoms with Crippen molar-refractivity contribution in [1.82, 2.24) is 10.1 Å². The average Bonchev–Trinajstić information content (AvgIpc) is 2.98. The first-order valence-electron chi connectivity index (χ1n) is 5.59. The Bertz CT molecular complexity index is 502. The van der Waals surface area contributed by atoms with Crippen molar-refractivity contribution in [3.63, 3.8) is 0 Å². The third-order valence-electron chi connectivity index (χ3n) is 2.86. The van der Waals surface area contributed by atoms with Crippen LogP contribution in [-0.2, 0) is 4.74 Å². The van der Waals surface area contributed by atoms with E-state index in [0.717, 1.165) is 30.2 Å². The molecule has 0 spiro atoms. The van der Waals surface area contributed by atoms with Crippen LogP contribution in [-0.4, -0.2) is 23.4 Å². The van der Waals surface area contributed by atoms with Crippen LogP contribution in [0.5, 0.6) is 0 Å². The maximum absolute atomic E-state index is 5.82. The molecule has 0 aromatic carbocycles. The van der Waals surface area contributed by atoms with Crippen LogP contribution in [0.2, 0.25) is 0 Å². The quantitative estimate of drug-likeness (QED) is 0.886. The van der Waals surface area contributed by atoms with Crippen molar-refractivity contribution in [2.75, 3.05) is 18.9 Å². The highest BCUT2D eigenvalue weighted by atomic mass is 32.1. The molecule has 1 aliphatic rings. The lowest BCUT2D eigenvalue weighted by Crippen LogP contribution is -2.16. The number of anilines is 1. The Kier molecular flexibility index (Phi) is 2.82. The molecule has 1 saturated heterocycles. The first-order valence-corrected chi connectivity index (χ1v) is 6.47. The minimum absolute atomic E-state index is 0.252. The summed E-state index contributed by atoms with van der Waals surface area (Å²) in [6, 6.07) is 1.84. The number of rotatable bonds is 2. The molecule has 5 nitrogen and oxygen atoms in total. The topological polar surface area (TPSA) is 74.2 Å². The van der Waals surface area contributed by atoms with Gasteiger partial charge in [0.15, 0.2) is 5.82 Å². The molecule has 1 fully saturated rings. The summed E-state index contributed by atoms with van der Waals surface area (Å²) in [5.41, 5.74) is 6.50. The van der Waals surface area contributed by atoms with Gasteiger partial charge >= 0.3 is 0 Å². The molecule has 6 heteroatoms. The molecule has 0 saturated carbocycles. The van der Waals surface area contributed by atoms with Gasteiger partial charge in [-0.05, 0) is 24.3 Å². The minimum Gasteiger partial charge on any atom is -0.397 e. The number of nitrogens with zero attached hydrogens (tertiary/aromatic N) is 2. The smallest absolute Gasteiger partial charge is 0.270 e. The highest BCUT2D eigenvalue weighted by Crippen LogP contribution is 2.32. The van der Waals surface area contributed by atoms with E-state index in [-0.39, 0.29) is 5.92 Å². The molecule has 0 aliphatic carbocycles. The summed E-state index contributed by atoms with van der Waals surface area (Å²) in [6.45, 7) is 1.51. The molecule has 1 atom stereocenters. The zero-order valence-corrected chi connectivity index (χ0v) is 10.1. The number of ether oxygens (including phenoxy) is 1. The van der Waals surface area contributed by atoms with Crippen molar-refractivity contribution in [2.24, 2.45) is 0 Å². The predicted molar refractivity (Wildman–Crippen MR) is 64.8 cm³/mol. The molecule has 0 radical (unpaired) electrons. The number of hydrogen-bond acceptors (Lipinski definition) is 6. The van der Waals surface area contributed by atoms with Crippen molar-refractivity contribution in [1.29, 1.82) is 0 Å². The van der Waals surface area contributed by atoms with Gasteiger partial charge in [-0.3, -0.25) is 0 Å².